The van der Waals surface area contributed by atoms with E-state index in [0.29, 0.717) is 31.1 Å². The van der Waals surface area contributed by atoms with Crippen molar-refractivity contribution in [2.24, 2.45) is 0 Å². The van der Waals surface area contributed by atoms with E-state index in [0.717, 1.165) is 27.8 Å². The molecule has 2 aromatic carbocycles. The molecule has 5 rings (SSSR count). The maximum Gasteiger partial charge on any atom is 0.274 e. The maximum absolute atomic E-state index is 12.9. The first-order valence-corrected chi connectivity index (χ1v) is 10.2. The number of nitrogens with zero attached hydrogens (tertiary/aromatic N) is 2. The number of carbonyl (C=O) groups is 1. The molecule has 1 amide bonds. The van der Waals surface area contributed by atoms with Crippen LogP contribution in [-0.4, -0.2) is 39.3 Å². The molecular weight excluding hydrogens is 386 g/mol. The number of aromatic nitrogens is 2. The SMILES string of the molecule is Cc1cc(C(=O)N2CCOc3c(O)cc(-c4csc5ccccc45)cc3C2)n[nH]1. The molecular formula is C22H19N3O3S. The monoisotopic (exact) mass is 405 g/mol. The second-order valence-corrected chi connectivity index (χ2v) is 8.05. The van der Waals surface area contributed by atoms with Crippen LogP contribution in [0.2, 0.25) is 0 Å². The number of hydrogen-bond donors (Lipinski definition) is 2. The van der Waals surface area contributed by atoms with Gasteiger partial charge in [-0.15, -0.1) is 11.3 Å². The summed E-state index contributed by atoms with van der Waals surface area (Å²) >= 11 is 1.67. The van der Waals surface area contributed by atoms with Crippen LogP contribution in [0.4, 0.5) is 0 Å². The first-order chi connectivity index (χ1) is 14.1. The quantitative estimate of drug-likeness (QED) is 0.520. The van der Waals surface area contributed by atoms with Gasteiger partial charge in [0.15, 0.2) is 11.5 Å². The standard InChI is InChI=1S/C22H19N3O3S/c1-13-8-18(24-23-13)22(27)25-6-7-28-21-15(11-25)9-14(10-19(21)26)17-12-29-20-5-3-2-4-16(17)20/h2-5,8-10,12,26H,6-7,11H2,1H3,(H,23,24). The third-order valence-electron chi connectivity index (χ3n) is 5.12. The lowest BCUT2D eigenvalue weighted by Gasteiger charge is -2.18. The number of phenolic OH excluding ortho intramolecular Hbond substituents is 1. The summed E-state index contributed by atoms with van der Waals surface area (Å²) in [5, 5.41) is 20.8. The van der Waals surface area contributed by atoms with E-state index in [1.54, 1.807) is 28.4 Å². The minimum atomic E-state index is -0.156. The van der Waals surface area contributed by atoms with E-state index < -0.39 is 0 Å². The molecule has 1 aliphatic rings. The number of aromatic amines is 1. The van der Waals surface area contributed by atoms with E-state index in [9.17, 15) is 9.90 Å². The maximum atomic E-state index is 12.9. The lowest BCUT2D eigenvalue weighted by atomic mass is 10.0. The molecule has 2 N–H and O–H groups in total. The number of carbonyl (C=O) groups excluding carboxylic acids is 1. The van der Waals surface area contributed by atoms with Gasteiger partial charge < -0.3 is 14.7 Å². The minimum absolute atomic E-state index is 0.0951. The van der Waals surface area contributed by atoms with Crippen LogP contribution in [-0.2, 0) is 6.54 Å². The fraction of sp³-hybridized carbons (Fsp3) is 0.182. The van der Waals surface area contributed by atoms with Crippen molar-refractivity contribution in [3.63, 3.8) is 0 Å². The van der Waals surface area contributed by atoms with Crippen LogP contribution >= 0.6 is 11.3 Å². The molecule has 0 aliphatic carbocycles. The summed E-state index contributed by atoms with van der Waals surface area (Å²) in [7, 11) is 0. The van der Waals surface area contributed by atoms with Gasteiger partial charge in [-0.2, -0.15) is 5.10 Å². The van der Waals surface area contributed by atoms with Crippen LogP contribution in [0.5, 0.6) is 11.5 Å². The van der Waals surface area contributed by atoms with E-state index >= 15 is 0 Å². The Morgan fingerprint density at radius 2 is 2.14 bits per heavy atom. The van der Waals surface area contributed by atoms with Gasteiger partial charge in [0, 0.05) is 33.5 Å². The summed E-state index contributed by atoms with van der Waals surface area (Å²) in [4.78, 5) is 14.6. The number of nitrogens with one attached hydrogen (secondary N) is 1. The van der Waals surface area contributed by atoms with E-state index in [1.807, 2.05) is 25.1 Å². The molecule has 2 aromatic heterocycles. The Kier molecular flexibility index (Phi) is 4.24. The normalized spacial score (nSPS) is 13.8. The van der Waals surface area contributed by atoms with Crippen molar-refractivity contribution in [2.45, 2.75) is 13.5 Å². The summed E-state index contributed by atoms with van der Waals surface area (Å²) in [6.07, 6.45) is 0. The molecule has 1 aliphatic heterocycles. The molecule has 0 radical (unpaired) electrons. The van der Waals surface area contributed by atoms with Crippen molar-refractivity contribution in [1.82, 2.24) is 15.1 Å². The number of H-pyrrole nitrogens is 1. The molecule has 0 saturated carbocycles. The van der Waals surface area contributed by atoms with Crippen LogP contribution in [0.15, 0.2) is 47.8 Å². The molecule has 0 unspecified atom stereocenters. The zero-order valence-corrected chi connectivity index (χ0v) is 16.6. The molecule has 0 saturated heterocycles. The van der Waals surface area contributed by atoms with Crippen molar-refractivity contribution in [1.29, 1.82) is 0 Å². The molecule has 6 nitrogen and oxygen atoms in total. The van der Waals surface area contributed by atoms with Crippen LogP contribution in [0.3, 0.4) is 0 Å². The van der Waals surface area contributed by atoms with Crippen LogP contribution in [0.25, 0.3) is 21.2 Å². The number of amides is 1. The van der Waals surface area contributed by atoms with Crippen molar-refractivity contribution in [2.75, 3.05) is 13.2 Å². The van der Waals surface area contributed by atoms with Gasteiger partial charge in [0.25, 0.3) is 5.91 Å². The number of hydrogen-bond acceptors (Lipinski definition) is 5. The molecule has 0 fully saturated rings. The fourth-order valence-electron chi connectivity index (χ4n) is 3.72. The van der Waals surface area contributed by atoms with Crippen LogP contribution < -0.4 is 4.74 Å². The van der Waals surface area contributed by atoms with Gasteiger partial charge in [-0.1, -0.05) is 18.2 Å². The highest BCUT2D eigenvalue weighted by Gasteiger charge is 2.25. The number of ether oxygens (including phenoxy) is 1. The number of fused-ring (bicyclic) bond motifs is 2. The van der Waals surface area contributed by atoms with Gasteiger partial charge in [0.05, 0.1) is 6.54 Å². The third kappa shape index (κ3) is 3.13. The van der Waals surface area contributed by atoms with Gasteiger partial charge >= 0.3 is 0 Å². The number of aryl methyl sites for hydroxylation is 1. The topological polar surface area (TPSA) is 78.5 Å². The minimum Gasteiger partial charge on any atom is -0.504 e. The van der Waals surface area contributed by atoms with Gasteiger partial charge in [0.1, 0.15) is 12.3 Å². The second-order valence-electron chi connectivity index (χ2n) is 7.14. The molecule has 0 spiro atoms. The van der Waals surface area contributed by atoms with Crippen LogP contribution in [0.1, 0.15) is 21.7 Å². The average Bonchev–Trinajstić information content (AvgIpc) is 3.28. The largest absolute Gasteiger partial charge is 0.504 e. The van der Waals surface area contributed by atoms with E-state index in [1.165, 1.54) is 4.70 Å². The van der Waals surface area contributed by atoms with E-state index in [2.05, 4.69) is 27.7 Å². The predicted octanol–water partition coefficient (Wildman–Crippen LogP) is 4.34. The van der Waals surface area contributed by atoms with Crippen molar-refractivity contribution >= 4 is 27.3 Å². The van der Waals surface area contributed by atoms with Gasteiger partial charge in [-0.05, 0) is 42.1 Å². The highest BCUT2D eigenvalue weighted by atomic mass is 32.1. The number of phenols is 1. The van der Waals surface area contributed by atoms with E-state index in [-0.39, 0.29) is 11.7 Å². The number of aromatic hydroxyl groups is 1. The zero-order valence-electron chi connectivity index (χ0n) is 15.8. The molecule has 0 atom stereocenters. The fourth-order valence-corrected chi connectivity index (χ4v) is 4.69. The molecule has 29 heavy (non-hydrogen) atoms. The third-order valence-corrected chi connectivity index (χ3v) is 6.08. The number of benzene rings is 2. The Bertz CT molecular complexity index is 1230. The molecule has 4 aromatic rings. The molecule has 3 heterocycles. The molecule has 146 valence electrons. The van der Waals surface area contributed by atoms with E-state index in [4.69, 9.17) is 4.74 Å². The van der Waals surface area contributed by atoms with Gasteiger partial charge in [-0.25, -0.2) is 0 Å². The smallest absolute Gasteiger partial charge is 0.274 e. The number of rotatable bonds is 2. The summed E-state index contributed by atoms with van der Waals surface area (Å²) in [5.74, 6) is 0.385. The average molecular weight is 405 g/mol. The Hall–Kier alpha value is -3.32. The lowest BCUT2D eigenvalue weighted by molar-refractivity contribution is 0.0727. The highest BCUT2D eigenvalue weighted by Crippen LogP contribution is 2.41. The van der Waals surface area contributed by atoms with Crippen molar-refractivity contribution in [3.05, 3.63) is 64.8 Å². The van der Waals surface area contributed by atoms with Crippen molar-refractivity contribution in [3.8, 4) is 22.6 Å². The highest BCUT2D eigenvalue weighted by molar-refractivity contribution is 7.17. The number of thiophene rings is 1. The molecule has 0 bridgehead atoms. The zero-order chi connectivity index (χ0) is 20.0. The second kappa shape index (κ2) is 6.93. The Labute approximate surface area is 171 Å². The van der Waals surface area contributed by atoms with Crippen molar-refractivity contribution < 1.29 is 14.6 Å². The Balaban J connectivity index is 1.54. The predicted molar refractivity (Wildman–Crippen MR) is 112 cm³/mol. The Morgan fingerprint density at radius 1 is 1.28 bits per heavy atom. The summed E-state index contributed by atoms with van der Waals surface area (Å²) in [6, 6.07) is 13.7. The van der Waals surface area contributed by atoms with Gasteiger partial charge in [0.2, 0.25) is 0 Å². The summed E-state index contributed by atoms with van der Waals surface area (Å²) < 4.78 is 6.98. The lowest BCUT2D eigenvalue weighted by Crippen LogP contribution is -2.32. The van der Waals surface area contributed by atoms with Gasteiger partial charge in [-0.3, -0.25) is 9.89 Å². The summed E-state index contributed by atoms with van der Waals surface area (Å²) in [6.45, 7) is 2.95. The first-order valence-electron chi connectivity index (χ1n) is 9.37. The Morgan fingerprint density at radius 3 is 2.97 bits per heavy atom. The summed E-state index contributed by atoms with van der Waals surface area (Å²) in [5.41, 5.74) is 3.98. The van der Waals surface area contributed by atoms with Crippen LogP contribution in [0, 0.1) is 6.92 Å². The first kappa shape index (κ1) is 17.8. The molecule has 7 heteroatoms.